The van der Waals surface area contributed by atoms with Crippen LogP contribution in [0, 0.1) is 17.8 Å². The molecule has 1 aliphatic rings. The molecule has 0 aromatic rings. The number of hydrogen-bond acceptors (Lipinski definition) is 5. The summed E-state index contributed by atoms with van der Waals surface area (Å²) in [6, 6.07) is -2.39. The largest absolute Gasteiger partial charge is 0.460 e. The topological polar surface area (TPSA) is 114 Å². The highest BCUT2D eigenvalue weighted by molar-refractivity contribution is 5.94. The molecular weight excluding hydrogens is 434 g/mol. The zero-order chi connectivity index (χ0) is 25.8. The molecule has 34 heavy (non-hydrogen) atoms. The molecule has 3 amide bonds. The van der Waals surface area contributed by atoms with Gasteiger partial charge < -0.3 is 20.7 Å². The van der Waals surface area contributed by atoms with Crippen molar-refractivity contribution < 1.29 is 23.9 Å². The number of esters is 1. The molecule has 1 saturated heterocycles. The highest BCUT2D eigenvalue weighted by Gasteiger charge is 2.33. The van der Waals surface area contributed by atoms with Gasteiger partial charge in [-0.2, -0.15) is 0 Å². The van der Waals surface area contributed by atoms with E-state index in [1.165, 1.54) is 0 Å². The summed E-state index contributed by atoms with van der Waals surface area (Å²) in [6.45, 7) is 13.9. The molecule has 4 atom stereocenters. The summed E-state index contributed by atoms with van der Waals surface area (Å²) in [5.41, 5.74) is 0. The molecule has 8 nitrogen and oxygen atoms in total. The second-order valence-electron chi connectivity index (χ2n) is 10.9. The first-order valence-corrected chi connectivity index (χ1v) is 13.0. The number of amides is 3. The third-order valence-corrected chi connectivity index (χ3v) is 5.83. The van der Waals surface area contributed by atoms with E-state index in [1.54, 1.807) is 0 Å². The molecule has 0 unspecified atom stereocenters. The van der Waals surface area contributed by atoms with Crippen molar-refractivity contribution in [1.82, 2.24) is 16.0 Å². The average Bonchev–Trinajstić information content (AvgIpc) is 2.70. The van der Waals surface area contributed by atoms with Gasteiger partial charge >= 0.3 is 5.97 Å². The maximum atomic E-state index is 13.2. The summed E-state index contributed by atoms with van der Waals surface area (Å²) in [6.07, 6.45) is 4.05. The van der Waals surface area contributed by atoms with Gasteiger partial charge in [-0.15, -0.1) is 0 Å². The van der Waals surface area contributed by atoms with Gasteiger partial charge in [0.15, 0.2) is 0 Å². The second-order valence-corrected chi connectivity index (χ2v) is 10.9. The molecule has 3 N–H and O–H groups in total. The molecule has 0 spiro atoms. The first kappa shape index (κ1) is 29.9. The molecule has 0 bridgehead atoms. The summed E-state index contributed by atoms with van der Waals surface area (Å²) in [5.74, 6) is -1.18. The Bertz CT molecular complexity index is 677. The lowest BCUT2D eigenvalue weighted by molar-refractivity contribution is -0.155. The molecule has 1 fully saturated rings. The molecule has 1 aliphatic heterocycles. The molecular formula is C26H47N3O5. The Morgan fingerprint density at radius 3 is 1.71 bits per heavy atom. The molecule has 8 heteroatoms. The Morgan fingerprint density at radius 1 is 0.735 bits per heavy atom. The van der Waals surface area contributed by atoms with Crippen LogP contribution in [0.4, 0.5) is 0 Å². The number of carbonyl (C=O) groups excluding carboxylic acids is 4. The lowest BCUT2D eigenvalue weighted by Gasteiger charge is -2.26. The summed E-state index contributed by atoms with van der Waals surface area (Å²) in [4.78, 5) is 52.3. The molecule has 0 aliphatic carbocycles. The van der Waals surface area contributed by atoms with Crippen LogP contribution in [0.2, 0.25) is 0 Å². The molecule has 0 saturated carbocycles. The number of hydrogen-bond donors (Lipinski definition) is 3. The van der Waals surface area contributed by atoms with Crippen molar-refractivity contribution in [3.8, 4) is 0 Å². The smallest absolute Gasteiger partial charge is 0.328 e. The third-order valence-electron chi connectivity index (χ3n) is 5.83. The van der Waals surface area contributed by atoms with Gasteiger partial charge in [0.05, 0.1) is 6.42 Å². The SMILES string of the molecule is CCCCC[C@H]1CC(=O)N[C@H](CC(C)C)C(=O)N[C@@H](CC(C)C)C(=O)N[C@@H](CC(C)C)C(=O)O1. The fraction of sp³-hybridized carbons (Fsp3) is 0.846. The van der Waals surface area contributed by atoms with E-state index in [2.05, 4.69) is 22.9 Å². The van der Waals surface area contributed by atoms with Crippen LogP contribution in [0.5, 0.6) is 0 Å². The zero-order valence-electron chi connectivity index (χ0n) is 22.2. The van der Waals surface area contributed by atoms with E-state index in [-0.39, 0.29) is 36.0 Å². The minimum atomic E-state index is -0.831. The second kappa shape index (κ2) is 15.0. The summed E-state index contributed by atoms with van der Waals surface area (Å²) in [7, 11) is 0. The van der Waals surface area contributed by atoms with Crippen LogP contribution in [0.25, 0.3) is 0 Å². The Labute approximate surface area is 205 Å². The summed E-state index contributed by atoms with van der Waals surface area (Å²) in [5, 5.41) is 8.50. The quantitative estimate of drug-likeness (QED) is 0.327. The van der Waals surface area contributed by atoms with Gasteiger partial charge in [-0.25, -0.2) is 4.79 Å². The van der Waals surface area contributed by atoms with Gasteiger partial charge in [0.25, 0.3) is 0 Å². The fourth-order valence-electron chi connectivity index (χ4n) is 4.17. The van der Waals surface area contributed by atoms with Crippen molar-refractivity contribution in [2.75, 3.05) is 0 Å². The van der Waals surface area contributed by atoms with E-state index in [0.717, 1.165) is 19.3 Å². The highest BCUT2D eigenvalue weighted by Crippen LogP contribution is 2.17. The van der Waals surface area contributed by atoms with Crippen molar-refractivity contribution >= 4 is 23.7 Å². The minimum Gasteiger partial charge on any atom is -0.460 e. The first-order chi connectivity index (χ1) is 15.9. The number of unbranched alkanes of at least 4 members (excludes halogenated alkanes) is 2. The van der Waals surface area contributed by atoms with E-state index in [9.17, 15) is 19.2 Å². The third kappa shape index (κ3) is 11.3. The average molecular weight is 482 g/mol. The monoisotopic (exact) mass is 481 g/mol. The number of carbonyl (C=O) groups is 4. The van der Waals surface area contributed by atoms with E-state index in [1.807, 2.05) is 41.5 Å². The van der Waals surface area contributed by atoms with E-state index >= 15 is 0 Å². The van der Waals surface area contributed by atoms with Crippen LogP contribution in [-0.2, 0) is 23.9 Å². The van der Waals surface area contributed by atoms with Crippen LogP contribution in [-0.4, -0.2) is 47.9 Å². The Hall–Kier alpha value is -2.12. The molecule has 1 rings (SSSR count). The Balaban J connectivity index is 3.30. The Kier molecular flexibility index (Phi) is 13.2. The van der Waals surface area contributed by atoms with Crippen molar-refractivity contribution in [3.05, 3.63) is 0 Å². The van der Waals surface area contributed by atoms with Gasteiger partial charge in [-0.3, -0.25) is 14.4 Å². The van der Waals surface area contributed by atoms with Gasteiger partial charge in [0.1, 0.15) is 24.2 Å². The van der Waals surface area contributed by atoms with E-state index in [4.69, 9.17) is 4.74 Å². The summed E-state index contributed by atoms with van der Waals surface area (Å²) < 4.78 is 5.78. The van der Waals surface area contributed by atoms with Crippen LogP contribution in [0.1, 0.15) is 99.8 Å². The lowest BCUT2D eigenvalue weighted by Crippen LogP contribution is -2.56. The van der Waals surface area contributed by atoms with Crippen molar-refractivity contribution in [1.29, 1.82) is 0 Å². The number of rotatable bonds is 10. The van der Waals surface area contributed by atoms with Crippen molar-refractivity contribution in [2.24, 2.45) is 17.8 Å². The van der Waals surface area contributed by atoms with Crippen LogP contribution in [0.3, 0.4) is 0 Å². The van der Waals surface area contributed by atoms with Gasteiger partial charge in [-0.1, -0.05) is 61.3 Å². The van der Waals surface area contributed by atoms with Crippen LogP contribution < -0.4 is 16.0 Å². The molecule has 196 valence electrons. The van der Waals surface area contributed by atoms with Gasteiger partial charge in [0.2, 0.25) is 17.7 Å². The minimum absolute atomic E-state index is 0.00486. The van der Waals surface area contributed by atoms with Crippen LogP contribution in [0.15, 0.2) is 0 Å². The van der Waals surface area contributed by atoms with Gasteiger partial charge in [0, 0.05) is 0 Å². The maximum absolute atomic E-state index is 13.2. The number of ether oxygens (including phenoxy) is 1. The normalized spacial score (nSPS) is 25.2. The van der Waals surface area contributed by atoms with Crippen LogP contribution >= 0.6 is 0 Å². The Morgan fingerprint density at radius 2 is 1.21 bits per heavy atom. The predicted molar refractivity (Wildman–Crippen MR) is 133 cm³/mol. The van der Waals surface area contributed by atoms with E-state index in [0.29, 0.717) is 25.7 Å². The predicted octanol–water partition coefficient (Wildman–Crippen LogP) is 3.47. The molecule has 0 aromatic carbocycles. The standard InChI is InChI=1S/C26H47N3O5/c1-8-9-10-11-19-15-23(30)27-20(12-16(2)3)24(31)28-21(13-17(4)5)25(32)29-22(14-18(6)7)26(33)34-19/h16-22H,8-15H2,1-7H3,(H,27,30)(H,28,31)(H,29,32)/t19-,20+,21-,22-/m0/s1. The van der Waals surface area contributed by atoms with E-state index < -0.39 is 36.1 Å². The maximum Gasteiger partial charge on any atom is 0.328 e. The fourth-order valence-corrected chi connectivity index (χ4v) is 4.17. The summed E-state index contributed by atoms with van der Waals surface area (Å²) >= 11 is 0. The van der Waals surface area contributed by atoms with Crippen molar-refractivity contribution in [2.45, 2.75) is 124 Å². The number of nitrogens with one attached hydrogen (secondary N) is 3. The van der Waals surface area contributed by atoms with Crippen molar-refractivity contribution in [3.63, 3.8) is 0 Å². The zero-order valence-corrected chi connectivity index (χ0v) is 22.2. The molecule has 1 heterocycles. The highest BCUT2D eigenvalue weighted by atomic mass is 16.5. The number of cyclic esters (lactones) is 1. The molecule has 0 aromatic heterocycles. The first-order valence-electron chi connectivity index (χ1n) is 13.0. The molecule has 0 radical (unpaired) electrons. The van der Waals surface area contributed by atoms with Gasteiger partial charge in [-0.05, 0) is 49.9 Å². The lowest BCUT2D eigenvalue weighted by atomic mass is 9.99.